The van der Waals surface area contributed by atoms with Gasteiger partial charge in [-0.3, -0.25) is 0 Å². The van der Waals surface area contributed by atoms with Crippen LogP contribution in [0.25, 0.3) is 0 Å². The van der Waals surface area contributed by atoms with Crippen molar-refractivity contribution in [3.8, 4) is 0 Å². The maximum atomic E-state index is 13.0. The van der Waals surface area contributed by atoms with Gasteiger partial charge < -0.3 is 10.1 Å². The van der Waals surface area contributed by atoms with Crippen LogP contribution in [0.2, 0.25) is 0 Å². The smallest absolute Gasteiger partial charge is 0.407 e. The number of hydrogen-bond acceptors (Lipinski definition) is 2. The first-order valence-corrected chi connectivity index (χ1v) is 6.18. The number of carbonyl (C=O) groups excluding carboxylic acids is 1. The van der Waals surface area contributed by atoms with Crippen LogP contribution in [-0.2, 0) is 4.74 Å². The number of nitrogens with one attached hydrogen (secondary N) is 1. The van der Waals surface area contributed by atoms with Crippen molar-refractivity contribution < 1.29 is 22.7 Å². The number of alkyl halides is 3. The third-order valence-electron chi connectivity index (χ3n) is 2.45. The predicted octanol–water partition coefficient (Wildman–Crippen LogP) is 3.86. The third-order valence-corrected chi connectivity index (χ3v) is 2.45. The molecule has 0 saturated carbocycles. The molecule has 1 atom stereocenters. The molecule has 0 heterocycles. The lowest BCUT2D eigenvalue weighted by atomic mass is 9.99. The second-order valence-corrected chi connectivity index (χ2v) is 5.39. The van der Waals surface area contributed by atoms with Gasteiger partial charge in [-0.25, -0.2) is 4.79 Å². The van der Waals surface area contributed by atoms with Crippen LogP contribution in [0.3, 0.4) is 0 Å². The molecule has 0 bridgehead atoms. The molecule has 1 rings (SSSR count). The topological polar surface area (TPSA) is 38.3 Å². The number of alkyl carbamates (subject to hydrolysis) is 1. The minimum atomic E-state index is -4.43. The highest BCUT2D eigenvalue weighted by atomic mass is 19.4. The van der Waals surface area contributed by atoms with E-state index in [0.29, 0.717) is 0 Å². The normalized spacial score (nSPS) is 13.7. The molecule has 6 heteroatoms. The molecule has 0 aliphatic carbocycles. The standard InChI is InChI=1S/C14H18F3NO2/c1-13(2,3)20-12(19)18-9-11(14(15,16)17)10-7-5-4-6-8-10/h4-8,11H,9H2,1-3H3,(H,18,19). The molecule has 0 fully saturated rings. The van der Waals surface area contributed by atoms with Gasteiger partial charge in [0.25, 0.3) is 0 Å². The van der Waals surface area contributed by atoms with E-state index in [-0.39, 0.29) is 5.56 Å². The van der Waals surface area contributed by atoms with E-state index < -0.39 is 30.3 Å². The Morgan fingerprint density at radius 2 is 1.75 bits per heavy atom. The zero-order chi connectivity index (χ0) is 15.4. The predicted molar refractivity (Wildman–Crippen MR) is 69.5 cm³/mol. The van der Waals surface area contributed by atoms with Crippen molar-refractivity contribution in [3.63, 3.8) is 0 Å². The van der Waals surface area contributed by atoms with Crippen molar-refractivity contribution >= 4 is 6.09 Å². The molecule has 1 amide bonds. The van der Waals surface area contributed by atoms with Crippen LogP contribution in [0, 0.1) is 0 Å². The van der Waals surface area contributed by atoms with Gasteiger partial charge in [0.2, 0.25) is 0 Å². The zero-order valence-corrected chi connectivity index (χ0v) is 11.6. The molecule has 0 aliphatic heterocycles. The first-order valence-electron chi connectivity index (χ1n) is 6.18. The number of amides is 1. The van der Waals surface area contributed by atoms with Gasteiger partial charge in [0.1, 0.15) is 5.60 Å². The zero-order valence-electron chi connectivity index (χ0n) is 11.6. The van der Waals surface area contributed by atoms with Gasteiger partial charge in [0.05, 0.1) is 5.92 Å². The van der Waals surface area contributed by atoms with E-state index in [1.807, 2.05) is 0 Å². The highest BCUT2D eigenvalue weighted by Crippen LogP contribution is 2.34. The monoisotopic (exact) mass is 289 g/mol. The summed E-state index contributed by atoms with van der Waals surface area (Å²) in [7, 11) is 0. The quantitative estimate of drug-likeness (QED) is 0.917. The summed E-state index contributed by atoms with van der Waals surface area (Å²) in [4.78, 5) is 11.4. The van der Waals surface area contributed by atoms with E-state index in [0.717, 1.165) is 0 Å². The molecule has 0 aliphatic rings. The van der Waals surface area contributed by atoms with Crippen LogP contribution in [0.4, 0.5) is 18.0 Å². The van der Waals surface area contributed by atoms with E-state index in [1.165, 1.54) is 24.3 Å². The Morgan fingerprint density at radius 3 is 2.20 bits per heavy atom. The van der Waals surface area contributed by atoms with Gasteiger partial charge in [-0.15, -0.1) is 0 Å². The van der Waals surface area contributed by atoms with Crippen LogP contribution in [0.1, 0.15) is 32.3 Å². The SMILES string of the molecule is CC(C)(C)OC(=O)NCC(c1ccccc1)C(F)(F)F. The van der Waals surface area contributed by atoms with Gasteiger partial charge in [0, 0.05) is 6.54 Å². The van der Waals surface area contributed by atoms with E-state index in [2.05, 4.69) is 5.32 Å². The minimum absolute atomic E-state index is 0.107. The van der Waals surface area contributed by atoms with Crippen molar-refractivity contribution in [1.29, 1.82) is 0 Å². The summed E-state index contributed by atoms with van der Waals surface area (Å²) in [6.45, 7) is 4.38. The Bertz CT molecular complexity index is 438. The second-order valence-electron chi connectivity index (χ2n) is 5.39. The Hall–Kier alpha value is -1.72. The number of hydrogen-bond donors (Lipinski definition) is 1. The number of ether oxygens (including phenoxy) is 1. The summed E-state index contributed by atoms with van der Waals surface area (Å²) in [5, 5.41) is 2.16. The van der Waals surface area contributed by atoms with Crippen LogP contribution in [0.15, 0.2) is 30.3 Å². The van der Waals surface area contributed by atoms with E-state index in [1.54, 1.807) is 26.8 Å². The van der Waals surface area contributed by atoms with Crippen LogP contribution >= 0.6 is 0 Å². The third kappa shape index (κ3) is 5.50. The lowest BCUT2D eigenvalue weighted by Gasteiger charge is -2.23. The van der Waals surface area contributed by atoms with Crippen molar-refractivity contribution in [1.82, 2.24) is 5.32 Å². The molecule has 1 aromatic carbocycles. The van der Waals surface area contributed by atoms with Crippen molar-refractivity contribution in [2.75, 3.05) is 6.54 Å². The van der Waals surface area contributed by atoms with E-state index in [4.69, 9.17) is 4.74 Å². The molecular formula is C14H18F3NO2. The van der Waals surface area contributed by atoms with Gasteiger partial charge >= 0.3 is 12.3 Å². The molecular weight excluding hydrogens is 271 g/mol. The second kappa shape index (κ2) is 6.15. The molecule has 0 saturated heterocycles. The number of halogens is 3. The van der Waals surface area contributed by atoms with Crippen LogP contribution in [-0.4, -0.2) is 24.4 Å². The Morgan fingerprint density at radius 1 is 1.20 bits per heavy atom. The number of benzene rings is 1. The summed E-state index contributed by atoms with van der Waals surface area (Å²) >= 11 is 0. The minimum Gasteiger partial charge on any atom is -0.444 e. The van der Waals surface area contributed by atoms with Crippen molar-refractivity contribution in [2.24, 2.45) is 0 Å². The summed E-state index contributed by atoms with van der Waals surface area (Å²) in [5.74, 6) is -1.75. The molecule has 20 heavy (non-hydrogen) atoms. The fourth-order valence-electron chi connectivity index (χ4n) is 1.61. The molecule has 3 nitrogen and oxygen atoms in total. The first-order chi connectivity index (χ1) is 9.09. The van der Waals surface area contributed by atoms with Crippen molar-refractivity contribution in [3.05, 3.63) is 35.9 Å². The average molecular weight is 289 g/mol. The summed E-state index contributed by atoms with van der Waals surface area (Å²) in [5.41, 5.74) is -0.638. The molecule has 0 spiro atoms. The molecule has 1 unspecified atom stereocenters. The number of rotatable bonds is 3. The van der Waals surface area contributed by atoms with Crippen molar-refractivity contribution in [2.45, 2.75) is 38.5 Å². The summed E-state index contributed by atoms with van der Waals surface area (Å²) in [6, 6.07) is 7.46. The molecule has 0 aromatic heterocycles. The van der Waals surface area contributed by atoms with Crippen LogP contribution < -0.4 is 5.32 Å². The number of carbonyl (C=O) groups is 1. The lowest BCUT2D eigenvalue weighted by molar-refractivity contribution is -0.149. The van der Waals surface area contributed by atoms with Gasteiger partial charge in [-0.1, -0.05) is 30.3 Å². The van der Waals surface area contributed by atoms with Gasteiger partial charge in [-0.2, -0.15) is 13.2 Å². The maximum Gasteiger partial charge on any atom is 0.407 e. The highest BCUT2D eigenvalue weighted by molar-refractivity contribution is 5.67. The molecule has 112 valence electrons. The summed E-state index contributed by atoms with van der Waals surface area (Å²) < 4.78 is 43.9. The van der Waals surface area contributed by atoms with Gasteiger partial charge in [-0.05, 0) is 26.3 Å². The fourth-order valence-corrected chi connectivity index (χ4v) is 1.61. The van der Waals surface area contributed by atoms with E-state index in [9.17, 15) is 18.0 Å². The van der Waals surface area contributed by atoms with Gasteiger partial charge in [0.15, 0.2) is 0 Å². The fraction of sp³-hybridized carbons (Fsp3) is 0.500. The summed E-state index contributed by atoms with van der Waals surface area (Å²) in [6.07, 6.45) is -5.29. The van der Waals surface area contributed by atoms with E-state index >= 15 is 0 Å². The molecule has 0 radical (unpaired) electrons. The first kappa shape index (κ1) is 16.3. The lowest BCUT2D eigenvalue weighted by Crippen LogP contribution is -2.38. The molecule has 1 aromatic rings. The Labute approximate surface area is 116 Å². The highest BCUT2D eigenvalue weighted by Gasteiger charge is 2.40. The average Bonchev–Trinajstić information content (AvgIpc) is 2.26. The largest absolute Gasteiger partial charge is 0.444 e. The van der Waals surface area contributed by atoms with Crippen LogP contribution in [0.5, 0.6) is 0 Å². The molecule has 1 N–H and O–H groups in total. The maximum absolute atomic E-state index is 13.0. The Balaban J connectivity index is 2.71. The Kier molecular flexibility index (Phi) is 5.03.